The molecule has 0 aromatic rings. The molecule has 1 rings (SSSR count). The lowest BCUT2D eigenvalue weighted by Gasteiger charge is -2.22. The Morgan fingerprint density at radius 3 is 2.93 bits per heavy atom. The minimum absolute atomic E-state index is 0.347. The zero-order valence-electron chi connectivity index (χ0n) is 9.24. The lowest BCUT2D eigenvalue weighted by molar-refractivity contribution is 0.248. The minimum atomic E-state index is 0.347. The van der Waals surface area contributed by atoms with Crippen LogP contribution in [0.5, 0.6) is 0 Å². The maximum Gasteiger partial charge on any atom is 0.0431 e. The van der Waals surface area contributed by atoms with Crippen LogP contribution in [0.4, 0.5) is 0 Å². The number of unbranched alkanes of at least 4 members (excludes halogenated alkanes) is 1. The highest BCUT2D eigenvalue weighted by molar-refractivity contribution is 7.99. The molecule has 1 aliphatic rings. The zero-order chi connectivity index (χ0) is 10.2. The van der Waals surface area contributed by atoms with Gasteiger partial charge in [0.05, 0.1) is 0 Å². The SMILES string of the molecule is CSC1CCCCN(CCCCO)C1. The quantitative estimate of drug-likeness (QED) is 0.712. The molecule has 0 bridgehead atoms. The largest absolute Gasteiger partial charge is 0.396 e. The van der Waals surface area contributed by atoms with Gasteiger partial charge in [-0.05, 0) is 45.0 Å². The molecule has 0 aromatic heterocycles. The molecule has 1 saturated heterocycles. The molecule has 0 amide bonds. The number of hydrogen-bond acceptors (Lipinski definition) is 3. The van der Waals surface area contributed by atoms with Crippen molar-refractivity contribution in [3.05, 3.63) is 0 Å². The number of aliphatic hydroxyl groups excluding tert-OH is 1. The summed E-state index contributed by atoms with van der Waals surface area (Å²) in [6.45, 7) is 4.05. The van der Waals surface area contributed by atoms with Gasteiger partial charge in [0, 0.05) is 18.4 Å². The van der Waals surface area contributed by atoms with E-state index < -0.39 is 0 Å². The minimum Gasteiger partial charge on any atom is -0.396 e. The van der Waals surface area contributed by atoms with Gasteiger partial charge in [0.15, 0.2) is 0 Å². The summed E-state index contributed by atoms with van der Waals surface area (Å²) in [5.41, 5.74) is 0. The standard InChI is InChI=1S/C11H23NOS/c1-14-11-6-2-3-7-12(10-11)8-4-5-9-13/h11,13H,2-10H2,1H3. The molecule has 0 saturated carbocycles. The van der Waals surface area contributed by atoms with Crippen LogP contribution in [0.25, 0.3) is 0 Å². The Balaban J connectivity index is 2.20. The first kappa shape index (κ1) is 12.3. The van der Waals surface area contributed by atoms with E-state index in [1.165, 1.54) is 38.9 Å². The van der Waals surface area contributed by atoms with Crippen molar-refractivity contribution in [3.8, 4) is 0 Å². The van der Waals surface area contributed by atoms with E-state index in [0.29, 0.717) is 6.61 Å². The maximum absolute atomic E-state index is 8.73. The van der Waals surface area contributed by atoms with Crippen LogP contribution in [0, 0.1) is 0 Å². The number of nitrogens with zero attached hydrogens (tertiary/aromatic N) is 1. The predicted octanol–water partition coefficient (Wildman–Crippen LogP) is 1.98. The van der Waals surface area contributed by atoms with Crippen molar-refractivity contribution in [1.82, 2.24) is 4.90 Å². The third-order valence-electron chi connectivity index (χ3n) is 2.93. The molecule has 3 heteroatoms. The van der Waals surface area contributed by atoms with Crippen molar-refractivity contribution >= 4 is 11.8 Å². The molecule has 84 valence electrons. The van der Waals surface area contributed by atoms with Crippen LogP contribution in [0.1, 0.15) is 32.1 Å². The molecular formula is C11H23NOS. The summed E-state index contributed by atoms with van der Waals surface area (Å²) in [5.74, 6) is 0. The van der Waals surface area contributed by atoms with Gasteiger partial charge in [-0.3, -0.25) is 0 Å². The summed E-state index contributed by atoms with van der Waals surface area (Å²) in [5, 5.41) is 9.57. The highest BCUT2D eigenvalue weighted by atomic mass is 32.2. The topological polar surface area (TPSA) is 23.5 Å². The van der Waals surface area contributed by atoms with Gasteiger partial charge < -0.3 is 10.0 Å². The molecule has 0 aliphatic carbocycles. The van der Waals surface area contributed by atoms with Crippen LogP contribution in [-0.4, -0.2) is 47.8 Å². The van der Waals surface area contributed by atoms with Crippen LogP contribution < -0.4 is 0 Å². The van der Waals surface area contributed by atoms with Crippen molar-refractivity contribution in [2.24, 2.45) is 0 Å². The Hall–Kier alpha value is 0.270. The number of rotatable bonds is 5. The van der Waals surface area contributed by atoms with Crippen molar-refractivity contribution in [1.29, 1.82) is 0 Å². The number of aliphatic hydroxyl groups is 1. The second-order valence-corrected chi connectivity index (χ2v) is 5.22. The highest BCUT2D eigenvalue weighted by Crippen LogP contribution is 2.20. The summed E-state index contributed by atoms with van der Waals surface area (Å²) in [6.07, 6.45) is 8.47. The summed E-state index contributed by atoms with van der Waals surface area (Å²) in [4.78, 5) is 2.57. The van der Waals surface area contributed by atoms with Crippen LogP contribution in [-0.2, 0) is 0 Å². The van der Waals surface area contributed by atoms with Gasteiger partial charge in [-0.25, -0.2) is 0 Å². The average Bonchev–Trinajstić information content (AvgIpc) is 2.43. The molecule has 14 heavy (non-hydrogen) atoms. The monoisotopic (exact) mass is 217 g/mol. The van der Waals surface area contributed by atoms with Crippen LogP contribution in [0.3, 0.4) is 0 Å². The van der Waals surface area contributed by atoms with Gasteiger partial charge in [-0.2, -0.15) is 11.8 Å². The molecule has 1 unspecified atom stereocenters. The first-order valence-electron chi connectivity index (χ1n) is 5.73. The van der Waals surface area contributed by atoms with Gasteiger partial charge in [0.25, 0.3) is 0 Å². The number of thioether (sulfide) groups is 1. The molecular weight excluding hydrogens is 194 g/mol. The Morgan fingerprint density at radius 1 is 1.36 bits per heavy atom. The average molecular weight is 217 g/mol. The van der Waals surface area contributed by atoms with Crippen molar-refractivity contribution < 1.29 is 5.11 Å². The van der Waals surface area contributed by atoms with Gasteiger partial charge in [0.2, 0.25) is 0 Å². The molecule has 1 aliphatic heterocycles. The molecule has 1 fully saturated rings. The van der Waals surface area contributed by atoms with Crippen LogP contribution in [0.2, 0.25) is 0 Å². The third-order valence-corrected chi connectivity index (χ3v) is 3.98. The van der Waals surface area contributed by atoms with Crippen molar-refractivity contribution in [2.45, 2.75) is 37.4 Å². The van der Waals surface area contributed by atoms with E-state index >= 15 is 0 Å². The maximum atomic E-state index is 8.73. The second-order valence-electron chi connectivity index (χ2n) is 4.08. The van der Waals surface area contributed by atoms with Crippen LogP contribution >= 0.6 is 11.8 Å². The summed E-state index contributed by atoms with van der Waals surface area (Å²) in [7, 11) is 0. The molecule has 1 N–H and O–H groups in total. The van der Waals surface area contributed by atoms with Gasteiger partial charge >= 0.3 is 0 Å². The Bertz CT molecular complexity index is 143. The van der Waals surface area contributed by atoms with Crippen molar-refractivity contribution in [3.63, 3.8) is 0 Å². The highest BCUT2D eigenvalue weighted by Gasteiger charge is 2.16. The molecule has 0 radical (unpaired) electrons. The van der Waals surface area contributed by atoms with E-state index in [2.05, 4.69) is 11.2 Å². The summed E-state index contributed by atoms with van der Waals surface area (Å²) >= 11 is 2.01. The Labute approximate surface area is 92.1 Å². The van der Waals surface area contributed by atoms with Crippen molar-refractivity contribution in [2.75, 3.05) is 32.5 Å². The van der Waals surface area contributed by atoms with E-state index in [0.717, 1.165) is 18.1 Å². The smallest absolute Gasteiger partial charge is 0.0431 e. The van der Waals surface area contributed by atoms with Gasteiger partial charge in [0.1, 0.15) is 0 Å². The van der Waals surface area contributed by atoms with E-state index in [4.69, 9.17) is 5.11 Å². The fourth-order valence-electron chi connectivity index (χ4n) is 2.02. The second kappa shape index (κ2) is 7.55. The summed E-state index contributed by atoms with van der Waals surface area (Å²) < 4.78 is 0. The normalized spacial score (nSPS) is 24.9. The first-order valence-corrected chi connectivity index (χ1v) is 7.01. The van der Waals surface area contributed by atoms with E-state index in [9.17, 15) is 0 Å². The number of hydrogen-bond donors (Lipinski definition) is 1. The lowest BCUT2D eigenvalue weighted by Crippen LogP contribution is -2.30. The Morgan fingerprint density at radius 2 is 2.21 bits per heavy atom. The molecule has 0 spiro atoms. The van der Waals surface area contributed by atoms with Crippen LogP contribution in [0.15, 0.2) is 0 Å². The molecule has 1 atom stereocenters. The summed E-state index contributed by atoms with van der Waals surface area (Å²) in [6, 6.07) is 0. The predicted molar refractivity (Wildman–Crippen MR) is 63.9 cm³/mol. The Kier molecular flexibility index (Phi) is 6.65. The lowest BCUT2D eigenvalue weighted by atomic mass is 10.2. The molecule has 0 aromatic carbocycles. The van der Waals surface area contributed by atoms with E-state index in [-0.39, 0.29) is 0 Å². The molecule has 2 nitrogen and oxygen atoms in total. The zero-order valence-corrected chi connectivity index (χ0v) is 10.1. The molecule has 1 heterocycles. The first-order chi connectivity index (χ1) is 6.86. The van der Waals surface area contributed by atoms with E-state index in [1.54, 1.807) is 0 Å². The van der Waals surface area contributed by atoms with Gasteiger partial charge in [-0.15, -0.1) is 0 Å². The third kappa shape index (κ3) is 4.67. The fraction of sp³-hybridized carbons (Fsp3) is 1.00. The number of likely N-dealkylation sites (tertiary alicyclic amines) is 1. The van der Waals surface area contributed by atoms with Gasteiger partial charge in [-0.1, -0.05) is 6.42 Å². The fourth-order valence-corrected chi connectivity index (χ4v) is 2.78. The van der Waals surface area contributed by atoms with E-state index in [1.807, 2.05) is 11.8 Å².